The number of carbonyl (C=O) groups is 3. The van der Waals surface area contributed by atoms with Crippen LogP contribution in [0, 0.1) is 35.6 Å². The number of carboxylic acids is 3. The summed E-state index contributed by atoms with van der Waals surface area (Å²) in [5.41, 5.74) is 5.13. The molecule has 0 radical (unpaired) electrons. The van der Waals surface area contributed by atoms with Gasteiger partial charge in [0, 0.05) is 37.5 Å². The third-order valence-electron chi connectivity index (χ3n) is 0.610. The number of aliphatic hydroxyl groups excluding tert-OH is 1. The van der Waals surface area contributed by atoms with Gasteiger partial charge in [-0.3, -0.25) is 0 Å². The maximum absolute atomic E-state index is 8.89. The first kappa shape index (κ1) is 31.7. The summed E-state index contributed by atoms with van der Waals surface area (Å²) in [5.74, 6) is -3.25. The molecule has 0 aliphatic rings. The minimum atomic E-state index is -1.08. The molecule has 10 heteroatoms. The fourth-order valence-corrected chi connectivity index (χ4v) is 0.306. The summed E-state index contributed by atoms with van der Waals surface area (Å²) < 4.78 is 0. The van der Waals surface area contributed by atoms with Crippen LogP contribution >= 0.6 is 0 Å². The van der Waals surface area contributed by atoms with Crippen molar-refractivity contribution < 1.29 is 70.4 Å². The molecule has 0 saturated carbocycles. The Morgan fingerprint density at radius 2 is 1.20 bits per heavy atom. The van der Waals surface area contributed by atoms with Gasteiger partial charge in [0.05, 0.1) is 6.61 Å². The molecule has 0 aromatic carbocycles. The van der Waals surface area contributed by atoms with Crippen molar-refractivity contribution in [3.05, 3.63) is 0 Å². The van der Waals surface area contributed by atoms with Gasteiger partial charge in [-0.15, -0.1) is 0 Å². The number of aliphatic hydroxyl groups is 1. The molecule has 9 nitrogen and oxygen atoms in total. The van der Waals surface area contributed by atoms with Crippen LogP contribution < -0.4 is 26.4 Å². The number of aliphatic carboxylic acids is 3. The molecule has 0 spiro atoms. The van der Waals surface area contributed by atoms with Gasteiger partial charge in [0.15, 0.2) is 0 Å². The number of nitrogens with two attached hydrogens (primary N) is 1. The number of nitrogens with one attached hydrogen (secondary N) is 1. The number of rotatable bonds is 4. The third-order valence-corrected chi connectivity index (χ3v) is 0.610. The van der Waals surface area contributed by atoms with E-state index in [0.29, 0.717) is 13.1 Å². The molecule has 0 saturated heterocycles. The third kappa shape index (κ3) is 391. The topological polar surface area (TPSA) is 179 Å². The van der Waals surface area contributed by atoms with Gasteiger partial charge in [0.25, 0.3) is 0 Å². The van der Waals surface area contributed by atoms with Crippen molar-refractivity contribution in [1.29, 1.82) is 0 Å². The van der Waals surface area contributed by atoms with E-state index in [1.54, 1.807) is 0 Å². The first-order chi connectivity index (χ1) is 8.61. The molecule has 0 aliphatic carbocycles. The standard InChI is InChI=1S/C4H12N2O.3C2H4O2.La/c5-1-2-6-3-4-7;3*1-2(3)4;/h6-7H,1-5H2;3*1H3,(H,3,4);/q;;;;+3/p-3. The molecule has 4 N–H and O–H groups in total. The molecular weight excluding hydrogens is 399 g/mol. The SMILES string of the molecule is CC(=O)[O-].CC(=O)[O-].CC(=O)[O-].NCCNCCO.[La+3]. The van der Waals surface area contributed by atoms with Gasteiger partial charge >= 0.3 is 35.6 Å². The maximum Gasteiger partial charge on any atom is 3.00 e. The van der Waals surface area contributed by atoms with E-state index < -0.39 is 17.9 Å². The molecule has 0 atom stereocenters. The largest absolute Gasteiger partial charge is 3.00 e. The van der Waals surface area contributed by atoms with Gasteiger partial charge in [0.2, 0.25) is 0 Å². The van der Waals surface area contributed by atoms with Crippen LogP contribution in [0.25, 0.3) is 0 Å². The molecule has 0 unspecified atom stereocenters. The summed E-state index contributed by atoms with van der Waals surface area (Å²) in [4.78, 5) is 26.7. The Labute approximate surface area is 146 Å². The second kappa shape index (κ2) is 31.1. The Morgan fingerprint density at radius 1 is 0.950 bits per heavy atom. The van der Waals surface area contributed by atoms with E-state index in [4.69, 9.17) is 40.5 Å². The van der Waals surface area contributed by atoms with E-state index >= 15 is 0 Å². The monoisotopic (exact) mass is 420 g/mol. The van der Waals surface area contributed by atoms with Crippen LogP contribution in [-0.4, -0.2) is 49.3 Å². The normalized spacial score (nSPS) is 7.05. The summed E-state index contributed by atoms with van der Waals surface area (Å²) in [6.07, 6.45) is 0. The van der Waals surface area contributed by atoms with Crippen molar-refractivity contribution in [2.24, 2.45) is 5.73 Å². The molecule has 0 heterocycles. The summed E-state index contributed by atoms with van der Waals surface area (Å²) in [6.45, 7) is 5.19. The van der Waals surface area contributed by atoms with Gasteiger partial charge in [-0.25, -0.2) is 0 Å². The van der Waals surface area contributed by atoms with Crippen LogP contribution in [0.15, 0.2) is 0 Å². The van der Waals surface area contributed by atoms with Crippen molar-refractivity contribution >= 4 is 17.9 Å². The van der Waals surface area contributed by atoms with Gasteiger partial charge < -0.3 is 45.9 Å². The van der Waals surface area contributed by atoms with Crippen molar-refractivity contribution in [2.75, 3.05) is 26.2 Å². The second-order valence-electron chi connectivity index (χ2n) is 2.74. The molecule has 20 heavy (non-hydrogen) atoms. The number of carboxylic acid groups (broad SMARTS) is 3. The number of hydrogen-bond acceptors (Lipinski definition) is 9. The van der Waals surface area contributed by atoms with Gasteiger partial charge in [-0.05, 0) is 20.8 Å². The summed E-state index contributed by atoms with van der Waals surface area (Å²) in [7, 11) is 0. The van der Waals surface area contributed by atoms with Crippen LogP contribution in [0.2, 0.25) is 0 Å². The predicted octanol–water partition coefficient (Wildman–Crippen LogP) is -5.20. The molecular formula is C10H21LaN2O7. The van der Waals surface area contributed by atoms with Crippen LogP contribution in [0.3, 0.4) is 0 Å². The number of carbonyl (C=O) groups excluding carboxylic acids is 3. The van der Waals surface area contributed by atoms with E-state index in [1.807, 2.05) is 0 Å². The van der Waals surface area contributed by atoms with Gasteiger partial charge in [0.1, 0.15) is 0 Å². The van der Waals surface area contributed by atoms with E-state index in [-0.39, 0.29) is 42.2 Å². The molecule has 0 amide bonds. The summed E-state index contributed by atoms with van der Waals surface area (Å²) in [5, 5.41) is 37.8. The zero-order valence-electron chi connectivity index (χ0n) is 11.9. The van der Waals surface area contributed by atoms with Crippen LogP contribution in [-0.2, 0) is 14.4 Å². The Bertz CT molecular complexity index is 183. The zero-order valence-corrected chi connectivity index (χ0v) is 15.5. The second-order valence-corrected chi connectivity index (χ2v) is 2.74. The number of hydrogen-bond donors (Lipinski definition) is 3. The fourth-order valence-electron chi connectivity index (χ4n) is 0.306. The molecule has 0 fully saturated rings. The predicted molar refractivity (Wildman–Crippen MR) is 61.1 cm³/mol. The Hall–Kier alpha value is -0.515. The molecule has 116 valence electrons. The molecule has 0 rings (SSSR count). The molecule has 0 aliphatic heterocycles. The quantitative estimate of drug-likeness (QED) is 0.375. The van der Waals surface area contributed by atoms with Crippen LogP contribution in [0.4, 0.5) is 0 Å². The van der Waals surface area contributed by atoms with Crippen LogP contribution in [0.1, 0.15) is 20.8 Å². The summed E-state index contributed by atoms with van der Waals surface area (Å²) >= 11 is 0. The molecule has 0 aromatic heterocycles. The smallest absolute Gasteiger partial charge is 0.550 e. The fraction of sp³-hybridized carbons (Fsp3) is 0.700. The average molecular weight is 420 g/mol. The van der Waals surface area contributed by atoms with Gasteiger partial charge in [-0.1, -0.05) is 0 Å². The molecule has 0 bridgehead atoms. The van der Waals surface area contributed by atoms with Gasteiger partial charge in [-0.2, -0.15) is 0 Å². The van der Waals surface area contributed by atoms with Crippen molar-refractivity contribution in [1.82, 2.24) is 5.32 Å². The van der Waals surface area contributed by atoms with Crippen molar-refractivity contribution in [3.63, 3.8) is 0 Å². The summed E-state index contributed by atoms with van der Waals surface area (Å²) in [6, 6.07) is 0. The minimum Gasteiger partial charge on any atom is -0.550 e. The van der Waals surface area contributed by atoms with E-state index in [0.717, 1.165) is 27.3 Å². The minimum absolute atomic E-state index is 0. The Kier molecular flexibility index (Phi) is 49.3. The van der Waals surface area contributed by atoms with Crippen molar-refractivity contribution in [3.8, 4) is 0 Å². The first-order valence-electron chi connectivity index (χ1n) is 5.16. The average Bonchev–Trinajstić information content (AvgIpc) is 2.15. The van der Waals surface area contributed by atoms with E-state index in [2.05, 4.69) is 5.32 Å². The molecule has 0 aromatic rings. The van der Waals surface area contributed by atoms with Crippen LogP contribution in [0.5, 0.6) is 0 Å². The first-order valence-corrected chi connectivity index (χ1v) is 5.16. The zero-order chi connectivity index (χ0) is 16.3. The Balaban J connectivity index is -0.0000000512. The Morgan fingerprint density at radius 3 is 1.35 bits per heavy atom. The van der Waals surface area contributed by atoms with E-state index in [1.165, 1.54) is 0 Å². The van der Waals surface area contributed by atoms with E-state index in [9.17, 15) is 0 Å². The van der Waals surface area contributed by atoms with Crippen molar-refractivity contribution in [2.45, 2.75) is 20.8 Å². The maximum atomic E-state index is 8.89.